The van der Waals surface area contributed by atoms with Crippen LogP contribution in [-0.4, -0.2) is 17.1 Å². The van der Waals surface area contributed by atoms with E-state index < -0.39 is 0 Å². The minimum absolute atomic E-state index is 0.257. The lowest BCUT2D eigenvalue weighted by Crippen LogP contribution is -2.17. The van der Waals surface area contributed by atoms with Crippen molar-refractivity contribution in [1.29, 1.82) is 0 Å². The van der Waals surface area contributed by atoms with E-state index in [1.165, 1.54) is 6.20 Å². The predicted molar refractivity (Wildman–Crippen MR) is 70.3 cm³/mol. The van der Waals surface area contributed by atoms with E-state index in [4.69, 9.17) is 0 Å². The third-order valence-electron chi connectivity index (χ3n) is 2.35. The smallest absolute Gasteiger partial charge is 0.267 e. The molecule has 1 N–H and O–H groups in total. The standard InChI is InChI=1S/C14H13N3O/c18-14(13-7-4-9-15-11-13)17-16-10-8-12-5-2-1-3-6-12/h1-7,9-11H,8H2,(H,17,18)/b16-10-. The van der Waals surface area contributed by atoms with Crippen molar-refractivity contribution in [3.05, 3.63) is 66.0 Å². The highest BCUT2D eigenvalue weighted by molar-refractivity contribution is 5.93. The molecule has 1 aromatic heterocycles. The summed E-state index contributed by atoms with van der Waals surface area (Å²) in [5.41, 5.74) is 4.10. The summed E-state index contributed by atoms with van der Waals surface area (Å²) >= 11 is 0. The van der Waals surface area contributed by atoms with Crippen molar-refractivity contribution in [1.82, 2.24) is 10.4 Å². The van der Waals surface area contributed by atoms with Gasteiger partial charge in [0, 0.05) is 25.0 Å². The van der Waals surface area contributed by atoms with Gasteiger partial charge in [0.25, 0.3) is 5.91 Å². The number of hydrazone groups is 1. The van der Waals surface area contributed by atoms with E-state index in [-0.39, 0.29) is 5.91 Å². The number of hydrogen-bond acceptors (Lipinski definition) is 3. The Labute approximate surface area is 105 Å². The van der Waals surface area contributed by atoms with Gasteiger partial charge >= 0.3 is 0 Å². The topological polar surface area (TPSA) is 54.4 Å². The fraction of sp³-hybridized carbons (Fsp3) is 0.0714. The lowest BCUT2D eigenvalue weighted by atomic mass is 10.2. The Morgan fingerprint density at radius 3 is 2.78 bits per heavy atom. The molecular formula is C14H13N3O. The third-order valence-corrected chi connectivity index (χ3v) is 2.35. The first-order valence-electron chi connectivity index (χ1n) is 5.62. The van der Waals surface area contributed by atoms with Crippen molar-refractivity contribution in [2.24, 2.45) is 5.10 Å². The number of carbonyl (C=O) groups excluding carboxylic acids is 1. The average Bonchev–Trinajstić information content (AvgIpc) is 2.45. The zero-order chi connectivity index (χ0) is 12.6. The third kappa shape index (κ3) is 3.52. The molecular weight excluding hydrogens is 226 g/mol. The molecule has 18 heavy (non-hydrogen) atoms. The number of aromatic nitrogens is 1. The van der Waals surface area contributed by atoms with Crippen LogP contribution in [0, 0.1) is 0 Å². The number of nitrogens with zero attached hydrogens (tertiary/aromatic N) is 2. The molecule has 1 aromatic carbocycles. The second kappa shape index (κ2) is 6.30. The molecule has 0 aliphatic heterocycles. The normalized spacial score (nSPS) is 10.4. The second-order valence-corrected chi connectivity index (χ2v) is 3.68. The van der Waals surface area contributed by atoms with Gasteiger partial charge in [-0.1, -0.05) is 30.3 Å². The molecule has 0 fully saturated rings. The van der Waals surface area contributed by atoms with Gasteiger partial charge in [0.15, 0.2) is 0 Å². The summed E-state index contributed by atoms with van der Waals surface area (Å²) in [5, 5.41) is 3.89. The lowest BCUT2D eigenvalue weighted by molar-refractivity contribution is 0.0954. The first-order chi connectivity index (χ1) is 8.86. The molecule has 2 rings (SSSR count). The lowest BCUT2D eigenvalue weighted by Gasteiger charge is -1.98. The van der Waals surface area contributed by atoms with Gasteiger partial charge in [-0.3, -0.25) is 9.78 Å². The first-order valence-corrected chi connectivity index (χ1v) is 5.62. The second-order valence-electron chi connectivity index (χ2n) is 3.68. The van der Waals surface area contributed by atoms with E-state index >= 15 is 0 Å². The molecule has 0 saturated heterocycles. The Hall–Kier alpha value is -2.49. The van der Waals surface area contributed by atoms with Crippen LogP contribution in [0.15, 0.2) is 60.0 Å². The Morgan fingerprint density at radius 2 is 2.06 bits per heavy atom. The van der Waals surface area contributed by atoms with Crippen molar-refractivity contribution in [2.75, 3.05) is 0 Å². The molecule has 90 valence electrons. The van der Waals surface area contributed by atoms with Crippen molar-refractivity contribution in [2.45, 2.75) is 6.42 Å². The van der Waals surface area contributed by atoms with Gasteiger partial charge in [0.05, 0.1) is 5.56 Å². The van der Waals surface area contributed by atoms with Crippen LogP contribution in [0.2, 0.25) is 0 Å². The molecule has 0 aliphatic carbocycles. The maximum atomic E-state index is 11.6. The Morgan fingerprint density at radius 1 is 1.22 bits per heavy atom. The summed E-state index contributed by atoms with van der Waals surface area (Å²) in [6.45, 7) is 0. The number of amides is 1. The van der Waals surface area contributed by atoms with Gasteiger partial charge in [0.2, 0.25) is 0 Å². The number of carbonyl (C=O) groups is 1. The Kier molecular flexibility index (Phi) is 4.19. The highest BCUT2D eigenvalue weighted by Gasteiger charge is 2.01. The molecule has 4 nitrogen and oxygen atoms in total. The molecule has 0 saturated carbocycles. The van der Waals surface area contributed by atoms with Crippen LogP contribution in [0.1, 0.15) is 15.9 Å². The first kappa shape index (κ1) is 12.0. The minimum Gasteiger partial charge on any atom is -0.267 e. The van der Waals surface area contributed by atoms with Crippen molar-refractivity contribution in [3.63, 3.8) is 0 Å². The predicted octanol–water partition coefficient (Wildman–Crippen LogP) is 2.04. The van der Waals surface area contributed by atoms with Gasteiger partial charge in [-0.2, -0.15) is 5.10 Å². The number of pyridine rings is 1. The van der Waals surface area contributed by atoms with Gasteiger partial charge < -0.3 is 0 Å². The van der Waals surface area contributed by atoms with E-state index in [1.807, 2.05) is 30.3 Å². The Bertz CT molecular complexity index is 523. The molecule has 0 radical (unpaired) electrons. The average molecular weight is 239 g/mol. The number of hydrogen-bond donors (Lipinski definition) is 1. The van der Waals surface area contributed by atoms with Crippen LogP contribution in [-0.2, 0) is 6.42 Å². The zero-order valence-corrected chi connectivity index (χ0v) is 9.78. The van der Waals surface area contributed by atoms with Crippen molar-refractivity contribution >= 4 is 12.1 Å². The summed E-state index contributed by atoms with van der Waals surface area (Å²) in [6.07, 6.45) is 5.48. The van der Waals surface area contributed by atoms with Crippen LogP contribution >= 0.6 is 0 Å². The van der Waals surface area contributed by atoms with Crippen molar-refractivity contribution < 1.29 is 4.79 Å². The summed E-state index contributed by atoms with van der Waals surface area (Å²) in [5.74, 6) is -0.257. The maximum absolute atomic E-state index is 11.6. The van der Waals surface area contributed by atoms with Gasteiger partial charge in [-0.15, -0.1) is 0 Å². The summed E-state index contributed by atoms with van der Waals surface area (Å²) < 4.78 is 0. The molecule has 4 heteroatoms. The van der Waals surface area contributed by atoms with E-state index in [1.54, 1.807) is 24.5 Å². The molecule has 0 unspecified atom stereocenters. The number of rotatable bonds is 4. The molecule has 1 heterocycles. The van der Waals surface area contributed by atoms with Crippen LogP contribution in [0.5, 0.6) is 0 Å². The molecule has 0 aliphatic rings. The largest absolute Gasteiger partial charge is 0.272 e. The SMILES string of the molecule is O=C(N/N=C\Cc1ccccc1)c1cccnc1. The number of benzene rings is 1. The quantitative estimate of drug-likeness (QED) is 0.655. The molecule has 2 aromatic rings. The molecule has 1 amide bonds. The number of nitrogens with one attached hydrogen (secondary N) is 1. The van der Waals surface area contributed by atoms with Crippen LogP contribution in [0.25, 0.3) is 0 Å². The highest BCUT2D eigenvalue weighted by atomic mass is 16.2. The monoisotopic (exact) mass is 239 g/mol. The van der Waals surface area contributed by atoms with Crippen LogP contribution in [0.3, 0.4) is 0 Å². The molecule has 0 atom stereocenters. The molecule has 0 bridgehead atoms. The fourth-order valence-corrected chi connectivity index (χ4v) is 1.43. The van der Waals surface area contributed by atoms with Crippen LogP contribution in [0.4, 0.5) is 0 Å². The zero-order valence-electron chi connectivity index (χ0n) is 9.78. The van der Waals surface area contributed by atoms with E-state index in [0.717, 1.165) is 5.56 Å². The van der Waals surface area contributed by atoms with E-state index in [9.17, 15) is 4.79 Å². The highest BCUT2D eigenvalue weighted by Crippen LogP contribution is 1.97. The van der Waals surface area contributed by atoms with Gasteiger partial charge in [-0.25, -0.2) is 5.43 Å². The van der Waals surface area contributed by atoms with Gasteiger partial charge in [0.1, 0.15) is 0 Å². The molecule has 0 spiro atoms. The van der Waals surface area contributed by atoms with Gasteiger partial charge in [-0.05, 0) is 17.7 Å². The fourth-order valence-electron chi connectivity index (χ4n) is 1.43. The summed E-state index contributed by atoms with van der Waals surface area (Å²) in [6, 6.07) is 13.3. The summed E-state index contributed by atoms with van der Waals surface area (Å²) in [4.78, 5) is 15.5. The van der Waals surface area contributed by atoms with Crippen molar-refractivity contribution in [3.8, 4) is 0 Å². The van der Waals surface area contributed by atoms with E-state index in [0.29, 0.717) is 12.0 Å². The summed E-state index contributed by atoms with van der Waals surface area (Å²) in [7, 11) is 0. The van der Waals surface area contributed by atoms with E-state index in [2.05, 4.69) is 15.5 Å². The maximum Gasteiger partial charge on any atom is 0.272 e. The minimum atomic E-state index is -0.257. The Balaban J connectivity index is 1.83. The van der Waals surface area contributed by atoms with Crippen LogP contribution < -0.4 is 5.43 Å².